The summed E-state index contributed by atoms with van der Waals surface area (Å²) in [7, 11) is 0. The Kier molecular flexibility index (Phi) is 24.8. The molecular weight excluding hydrogens is 648 g/mol. The number of rotatable bonds is 29. The first-order valence-corrected chi connectivity index (χ1v) is 14.5. The van der Waals surface area contributed by atoms with Crippen molar-refractivity contribution in [1.29, 1.82) is 0 Å². The highest BCUT2D eigenvalue weighted by Crippen LogP contribution is 2.21. The van der Waals surface area contributed by atoms with E-state index in [1.807, 2.05) is 0 Å². The lowest BCUT2D eigenvalue weighted by molar-refractivity contribution is -0.194. The molecule has 278 valence electrons. The van der Waals surface area contributed by atoms with Gasteiger partial charge in [-0.3, -0.25) is 0 Å². The van der Waals surface area contributed by atoms with E-state index in [9.17, 15) is 0 Å². The van der Waals surface area contributed by atoms with Crippen molar-refractivity contribution in [3.63, 3.8) is 0 Å². The van der Waals surface area contributed by atoms with Crippen LogP contribution in [0, 0.1) is 0 Å². The number of hydrogen-bond donors (Lipinski definition) is 12. The van der Waals surface area contributed by atoms with Crippen LogP contribution in [0.1, 0.15) is 38.5 Å². The van der Waals surface area contributed by atoms with Gasteiger partial charge in [0.2, 0.25) is 0 Å². The van der Waals surface area contributed by atoms with Crippen LogP contribution in [0.3, 0.4) is 0 Å². The summed E-state index contributed by atoms with van der Waals surface area (Å²) in [4.78, 5) is 0. The molecule has 0 radical (unpaired) electrons. The number of amidine groups is 6. The maximum Gasteiger partial charge on any atom is 0.141 e. The molecule has 24 heteroatoms. The van der Waals surface area contributed by atoms with E-state index in [1.165, 1.54) is 0 Å². The predicted octanol–water partition coefficient (Wildman–Crippen LogP) is -2.62. The second-order valence-corrected chi connectivity index (χ2v) is 9.69. The predicted molar refractivity (Wildman–Crippen MR) is 169 cm³/mol. The van der Waals surface area contributed by atoms with Gasteiger partial charge < -0.3 is 94.1 Å². The second-order valence-electron chi connectivity index (χ2n) is 9.69. The molecule has 0 aromatic carbocycles. The Bertz CT molecular complexity index is 968. The monoisotopic (exact) mass is 698 g/mol. The van der Waals surface area contributed by atoms with Crippen molar-refractivity contribution < 1.29 is 59.7 Å². The van der Waals surface area contributed by atoms with E-state index >= 15 is 0 Å². The van der Waals surface area contributed by atoms with Crippen LogP contribution >= 0.6 is 0 Å². The fourth-order valence-corrected chi connectivity index (χ4v) is 3.58. The van der Waals surface area contributed by atoms with Crippen molar-refractivity contribution in [3.8, 4) is 0 Å². The van der Waals surface area contributed by atoms with Crippen LogP contribution in [-0.4, -0.2) is 144 Å². The van der Waals surface area contributed by atoms with E-state index in [0.717, 1.165) is 0 Å². The van der Waals surface area contributed by atoms with Gasteiger partial charge in [-0.05, 0) is 0 Å². The second kappa shape index (κ2) is 27.5. The average Bonchev–Trinajstić information content (AvgIpc) is 3.10. The van der Waals surface area contributed by atoms with Crippen LogP contribution in [0.15, 0.2) is 30.9 Å². The first-order valence-electron chi connectivity index (χ1n) is 14.5. The standard InChI is InChI=1S/C24H50N12O12/c25-17(31-37)1-7-43-13-15(45-9-3-19(27)33-39)23(47-11-5-21(29)35-41)24(48-12-6-22(30)36-42)16(46-10-4-20(28)34-40)14-44-8-2-18(26)32-38/h15-16,23-24,37-42H,1-14H2,(H2,25,31)(H2,26,32)(H2,27,33)(H2,28,34)(H2,29,35)(H2,30,36)/t15-,16+,23-,24-/m1/s1. The number of oxime groups is 6. The maximum absolute atomic E-state index is 9.04. The molecule has 0 aliphatic rings. The van der Waals surface area contributed by atoms with Crippen LogP contribution in [-0.2, 0) is 28.4 Å². The van der Waals surface area contributed by atoms with Gasteiger partial charge in [0.25, 0.3) is 0 Å². The Morgan fingerprint density at radius 2 is 0.604 bits per heavy atom. The lowest BCUT2D eigenvalue weighted by atomic mass is 10.0. The Hall–Kier alpha value is -4.62. The molecule has 4 atom stereocenters. The van der Waals surface area contributed by atoms with Crippen LogP contribution in [0.4, 0.5) is 0 Å². The highest BCUT2D eigenvalue weighted by atomic mass is 16.6. The molecule has 0 aromatic heterocycles. The summed E-state index contributed by atoms with van der Waals surface area (Å²) in [6, 6.07) is 0. The maximum atomic E-state index is 9.04. The van der Waals surface area contributed by atoms with Crippen LogP contribution < -0.4 is 34.4 Å². The summed E-state index contributed by atoms with van der Waals surface area (Å²) >= 11 is 0. The van der Waals surface area contributed by atoms with Gasteiger partial charge in [0.1, 0.15) is 59.4 Å². The minimum atomic E-state index is -1.11. The van der Waals surface area contributed by atoms with Gasteiger partial charge in [-0.1, -0.05) is 30.9 Å². The number of ether oxygens (including phenoxy) is 6. The molecule has 24 nitrogen and oxygen atoms in total. The van der Waals surface area contributed by atoms with Crippen molar-refractivity contribution in [2.45, 2.75) is 62.9 Å². The van der Waals surface area contributed by atoms with Crippen molar-refractivity contribution in [3.05, 3.63) is 0 Å². The SMILES string of the molecule is N/C(CCOC[C@H](OCC/C(N)=N/O)[C@@H](OCC/C(N)=N/O)[C@H](OCC/C(N)=N\O)[C@@H](COCC/C(N)=N\O)OCC/C(N)=N\O)=N\O. The molecular formula is C24H50N12O12. The van der Waals surface area contributed by atoms with E-state index in [4.69, 9.17) is 94.1 Å². The Morgan fingerprint density at radius 3 is 0.854 bits per heavy atom. The summed E-state index contributed by atoms with van der Waals surface area (Å²) < 4.78 is 36.0. The lowest BCUT2D eigenvalue weighted by Crippen LogP contribution is -2.53. The zero-order valence-electron chi connectivity index (χ0n) is 26.5. The van der Waals surface area contributed by atoms with Gasteiger partial charge in [-0.15, -0.1) is 0 Å². The van der Waals surface area contributed by atoms with Crippen molar-refractivity contribution in [1.82, 2.24) is 0 Å². The molecule has 18 N–H and O–H groups in total. The summed E-state index contributed by atoms with van der Waals surface area (Å²) in [5.74, 6) is -0.704. The lowest BCUT2D eigenvalue weighted by Gasteiger charge is -2.37. The van der Waals surface area contributed by atoms with E-state index in [2.05, 4.69) is 30.9 Å². The highest BCUT2D eigenvalue weighted by Gasteiger charge is 2.39. The highest BCUT2D eigenvalue weighted by molar-refractivity contribution is 5.81. The number of hydrogen-bond acceptors (Lipinski definition) is 18. The van der Waals surface area contributed by atoms with Gasteiger partial charge in [0.05, 0.1) is 52.9 Å². The van der Waals surface area contributed by atoms with E-state index in [-0.39, 0.29) is 126 Å². The van der Waals surface area contributed by atoms with Crippen molar-refractivity contribution in [2.75, 3.05) is 52.9 Å². The van der Waals surface area contributed by atoms with Crippen LogP contribution in [0.25, 0.3) is 0 Å². The topological polar surface area (TPSA) is 407 Å². The zero-order valence-corrected chi connectivity index (χ0v) is 26.5. The van der Waals surface area contributed by atoms with Gasteiger partial charge in [-0.2, -0.15) is 0 Å². The molecule has 0 aliphatic heterocycles. The Balaban J connectivity index is 6.69. The molecule has 0 saturated heterocycles. The third kappa shape index (κ3) is 20.5. The van der Waals surface area contributed by atoms with E-state index < -0.39 is 24.4 Å². The third-order valence-corrected chi connectivity index (χ3v) is 6.11. The van der Waals surface area contributed by atoms with Gasteiger partial charge in [0.15, 0.2) is 0 Å². The largest absolute Gasteiger partial charge is 0.409 e. The van der Waals surface area contributed by atoms with Gasteiger partial charge in [-0.25, -0.2) is 0 Å². The van der Waals surface area contributed by atoms with Gasteiger partial charge >= 0.3 is 0 Å². The van der Waals surface area contributed by atoms with Crippen molar-refractivity contribution >= 4 is 35.0 Å². The van der Waals surface area contributed by atoms with Crippen LogP contribution in [0.2, 0.25) is 0 Å². The number of nitrogens with zero attached hydrogens (tertiary/aromatic N) is 6. The quantitative estimate of drug-likeness (QED) is 0.0125. The summed E-state index contributed by atoms with van der Waals surface area (Å²) in [6.07, 6.45) is -4.16. The molecule has 0 spiro atoms. The number of nitrogens with two attached hydrogens (primary N) is 6. The molecule has 0 fully saturated rings. The first kappa shape index (κ1) is 43.4. The molecule has 0 unspecified atom stereocenters. The molecule has 0 saturated carbocycles. The third-order valence-electron chi connectivity index (χ3n) is 6.11. The fourth-order valence-electron chi connectivity index (χ4n) is 3.58. The summed E-state index contributed by atoms with van der Waals surface area (Å²) in [5.41, 5.74) is 33.6. The van der Waals surface area contributed by atoms with Gasteiger partial charge in [0, 0.05) is 38.5 Å². The van der Waals surface area contributed by atoms with Crippen molar-refractivity contribution in [2.24, 2.45) is 65.3 Å². The molecule has 0 rings (SSSR count). The van der Waals surface area contributed by atoms with Crippen LogP contribution in [0.5, 0.6) is 0 Å². The molecule has 0 aliphatic carbocycles. The fraction of sp³-hybridized carbons (Fsp3) is 0.750. The average molecular weight is 699 g/mol. The smallest absolute Gasteiger partial charge is 0.141 e. The normalized spacial score (nSPS) is 16.5. The summed E-state index contributed by atoms with van der Waals surface area (Å²) in [5, 5.41) is 71.3. The van der Waals surface area contributed by atoms with E-state index in [1.54, 1.807) is 0 Å². The minimum absolute atomic E-state index is 0.000375. The first-order chi connectivity index (χ1) is 23.1. The molecule has 0 aromatic rings. The zero-order chi connectivity index (χ0) is 36.2. The Morgan fingerprint density at radius 1 is 0.375 bits per heavy atom. The Labute approximate surface area is 276 Å². The molecule has 0 bridgehead atoms. The van der Waals surface area contributed by atoms with E-state index in [0.29, 0.717) is 0 Å². The molecule has 0 amide bonds. The molecule has 48 heavy (non-hydrogen) atoms. The summed E-state index contributed by atoms with van der Waals surface area (Å²) in [6.45, 7) is -0.803. The minimum Gasteiger partial charge on any atom is -0.409 e. The molecule has 0 heterocycles.